The van der Waals surface area contributed by atoms with Gasteiger partial charge >= 0.3 is 6.03 Å². The number of benzene rings is 2. The first-order chi connectivity index (χ1) is 13.7. The third-order valence-corrected chi connectivity index (χ3v) is 5.90. The molecule has 0 fully saturated rings. The molecule has 3 aromatic rings. The molecule has 1 atom stereocenters. The smallest absolute Gasteiger partial charge is 0.322 e. The highest BCUT2D eigenvalue weighted by Gasteiger charge is 2.34. The van der Waals surface area contributed by atoms with Gasteiger partial charge in [-0.25, -0.2) is 4.79 Å². The summed E-state index contributed by atoms with van der Waals surface area (Å²) < 4.78 is 11.0. The highest BCUT2D eigenvalue weighted by atomic mass is 32.1. The second-order valence-electron chi connectivity index (χ2n) is 6.56. The van der Waals surface area contributed by atoms with Crippen LogP contribution in [-0.2, 0) is 6.42 Å². The number of carbonyl (C=O) groups is 1. The number of methoxy groups -OCH3 is 2. The summed E-state index contributed by atoms with van der Waals surface area (Å²) in [6, 6.07) is 17.4. The maximum Gasteiger partial charge on any atom is 0.322 e. The van der Waals surface area contributed by atoms with Crippen molar-refractivity contribution < 1.29 is 14.3 Å². The molecule has 0 aliphatic carbocycles. The van der Waals surface area contributed by atoms with E-state index in [2.05, 4.69) is 11.4 Å². The summed E-state index contributed by atoms with van der Waals surface area (Å²) in [5.74, 6) is 1.39. The van der Waals surface area contributed by atoms with Gasteiger partial charge in [0.05, 0.1) is 20.3 Å². The molecule has 6 heteroatoms. The Bertz CT molecular complexity index is 957. The van der Waals surface area contributed by atoms with Gasteiger partial charge in [0.2, 0.25) is 0 Å². The first-order valence-electron chi connectivity index (χ1n) is 9.12. The number of thiophene rings is 1. The summed E-state index contributed by atoms with van der Waals surface area (Å²) in [6.45, 7) is 0.629. The molecule has 144 valence electrons. The number of rotatable bonds is 4. The Hall–Kier alpha value is -2.99. The van der Waals surface area contributed by atoms with E-state index in [-0.39, 0.29) is 12.1 Å². The van der Waals surface area contributed by atoms with E-state index < -0.39 is 0 Å². The quantitative estimate of drug-likeness (QED) is 0.682. The second kappa shape index (κ2) is 7.94. The maximum absolute atomic E-state index is 13.1. The summed E-state index contributed by atoms with van der Waals surface area (Å²) >= 11 is 1.65. The van der Waals surface area contributed by atoms with Crippen LogP contribution < -0.4 is 14.8 Å². The topological polar surface area (TPSA) is 50.8 Å². The Kier molecular flexibility index (Phi) is 5.21. The van der Waals surface area contributed by atoms with Crippen molar-refractivity contribution in [2.24, 2.45) is 0 Å². The van der Waals surface area contributed by atoms with E-state index in [0.717, 1.165) is 22.5 Å². The number of nitrogens with one attached hydrogen (secondary N) is 1. The van der Waals surface area contributed by atoms with Crippen LogP contribution in [-0.4, -0.2) is 31.7 Å². The second-order valence-corrected chi connectivity index (χ2v) is 7.54. The molecule has 1 aliphatic heterocycles. The normalized spacial score (nSPS) is 15.6. The van der Waals surface area contributed by atoms with Crippen LogP contribution in [0.25, 0.3) is 0 Å². The molecule has 2 amide bonds. The summed E-state index contributed by atoms with van der Waals surface area (Å²) in [7, 11) is 3.27. The van der Waals surface area contributed by atoms with Gasteiger partial charge in [-0.1, -0.05) is 24.3 Å². The lowest BCUT2D eigenvalue weighted by Crippen LogP contribution is -2.42. The van der Waals surface area contributed by atoms with Crippen molar-refractivity contribution in [2.45, 2.75) is 12.5 Å². The Morgan fingerprint density at radius 1 is 1.07 bits per heavy atom. The van der Waals surface area contributed by atoms with Gasteiger partial charge in [0.1, 0.15) is 0 Å². The van der Waals surface area contributed by atoms with Crippen molar-refractivity contribution in [2.75, 3.05) is 26.1 Å². The number of urea groups is 1. The molecule has 1 aliphatic rings. The van der Waals surface area contributed by atoms with Crippen LogP contribution in [0.1, 0.15) is 22.0 Å². The minimum absolute atomic E-state index is 0.106. The summed E-state index contributed by atoms with van der Waals surface area (Å²) in [5, 5.41) is 5.06. The molecule has 0 spiro atoms. The monoisotopic (exact) mass is 394 g/mol. The first kappa shape index (κ1) is 18.4. The summed E-state index contributed by atoms with van der Waals surface area (Å²) in [5.41, 5.74) is 3.05. The van der Waals surface area contributed by atoms with Crippen molar-refractivity contribution in [1.29, 1.82) is 0 Å². The van der Waals surface area contributed by atoms with Crippen molar-refractivity contribution in [3.63, 3.8) is 0 Å². The maximum atomic E-state index is 13.1. The molecule has 0 saturated heterocycles. The first-order valence-corrected chi connectivity index (χ1v) is 10.00. The number of nitrogens with zero attached hydrogens (tertiary/aromatic N) is 1. The van der Waals surface area contributed by atoms with Crippen LogP contribution in [0.2, 0.25) is 0 Å². The highest BCUT2D eigenvalue weighted by molar-refractivity contribution is 7.10. The zero-order valence-corrected chi connectivity index (χ0v) is 16.7. The molecule has 0 bridgehead atoms. The third kappa shape index (κ3) is 3.43. The molecule has 0 saturated carbocycles. The number of hydrogen-bond donors (Lipinski definition) is 1. The fourth-order valence-corrected chi connectivity index (χ4v) is 4.49. The number of anilines is 1. The van der Waals surface area contributed by atoms with Crippen LogP contribution in [0.4, 0.5) is 10.5 Å². The Balaban J connectivity index is 1.73. The van der Waals surface area contributed by atoms with Crippen LogP contribution in [0, 0.1) is 0 Å². The highest BCUT2D eigenvalue weighted by Crippen LogP contribution is 2.42. The van der Waals surface area contributed by atoms with Crippen molar-refractivity contribution >= 4 is 23.1 Å². The van der Waals surface area contributed by atoms with Gasteiger partial charge in [-0.3, -0.25) is 0 Å². The molecular formula is C22H22N2O3S. The van der Waals surface area contributed by atoms with E-state index >= 15 is 0 Å². The average Bonchev–Trinajstić information content (AvgIpc) is 3.26. The molecule has 1 N–H and O–H groups in total. The lowest BCUT2D eigenvalue weighted by atomic mass is 9.91. The van der Waals surface area contributed by atoms with Gasteiger partial charge in [-0.05, 0) is 53.3 Å². The molecule has 2 heterocycles. The Labute approximate surface area is 168 Å². The van der Waals surface area contributed by atoms with E-state index in [1.54, 1.807) is 25.6 Å². The molecule has 5 nitrogen and oxygen atoms in total. The largest absolute Gasteiger partial charge is 0.493 e. The minimum Gasteiger partial charge on any atom is -0.493 e. The molecule has 1 aromatic heterocycles. The van der Waals surface area contributed by atoms with E-state index in [9.17, 15) is 4.79 Å². The summed E-state index contributed by atoms with van der Waals surface area (Å²) in [4.78, 5) is 16.1. The number of fused-ring (bicyclic) bond motifs is 1. The van der Waals surface area contributed by atoms with E-state index in [0.29, 0.717) is 18.0 Å². The predicted molar refractivity (Wildman–Crippen MR) is 112 cm³/mol. The van der Waals surface area contributed by atoms with Crippen LogP contribution >= 0.6 is 11.3 Å². The van der Waals surface area contributed by atoms with Crippen molar-refractivity contribution in [1.82, 2.24) is 4.90 Å². The van der Waals surface area contributed by atoms with Gasteiger partial charge in [0.15, 0.2) is 11.5 Å². The number of para-hydroxylation sites is 1. The van der Waals surface area contributed by atoms with Gasteiger partial charge in [-0.2, -0.15) is 0 Å². The molecule has 0 unspecified atom stereocenters. The number of hydrogen-bond acceptors (Lipinski definition) is 4. The number of amides is 2. The molecular weight excluding hydrogens is 372 g/mol. The molecule has 28 heavy (non-hydrogen) atoms. The number of carbonyl (C=O) groups excluding carboxylic acids is 1. The van der Waals surface area contributed by atoms with Gasteiger partial charge in [0.25, 0.3) is 0 Å². The third-order valence-electron chi connectivity index (χ3n) is 4.97. The number of ether oxygens (including phenoxy) is 2. The lowest BCUT2D eigenvalue weighted by molar-refractivity contribution is 0.194. The minimum atomic E-state index is -0.160. The fraction of sp³-hybridized carbons (Fsp3) is 0.227. The zero-order chi connectivity index (χ0) is 19.5. The molecule has 0 radical (unpaired) electrons. The molecule has 4 rings (SSSR count). The molecule has 2 aromatic carbocycles. The van der Waals surface area contributed by atoms with Crippen LogP contribution in [0.3, 0.4) is 0 Å². The van der Waals surface area contributed by atoms with E-state index in [4.69, 9.17) is 9.47 Å². The Morgan fingerprint density at radius 3 is 2.50 bits per heavy atom. The average molecular weight is 394 g/mol. The standard InChI is InChI=1S/C22H22N2O3S/c1-26-18-13-15-10-11-24(22(25)23-16-7-4-3-5-8-16)21(20-9-6-12-28-20)17(15)14-19(18)27-2/h3-9,12-14,21H,10-11H2,1-2H3,(H,23,25)/t21-/m0/s1. The van der Waals surface area contributed by atoms with Crippen LogP contribution in [0.5, 0.6) is 11.5 Å². The SMILES string of the molecule is COc1cc2c(cc1OC)[C@@H](c1cccs1)N(C(=O)Nc1ccccc1)CC2. The van der Waals surface area contributed by atoms with Gasteiger partial charge < -0.3 is 19.7 Å². The fourth-order valence-electron chi connectivity index (χ4n) is 3.64. The van der Waals surface area contributed by atoms with Gasteiger partial charge in [0, 0.05) is 17.1 Å². The lowest BCUT2D eigenvalue weighted by Gasteiger charge is -2.37. The van der Waals surface area contributed by atoms with Crippen molar-refractivity contribution in [3.05, 3.63) is 76.0 Å². The Morgan fingerprint density at radius 2 is 1.82 bits per heavy atom. The predicted octanol–water partition coefficient (Wildman–Crippen LogP) is 4.94. The van der Waals surface area contributed by atoms with Crippen molar-refractivity contribution in [3.8, 4) is 11.5 Å². The zero-order valence-electron chi connectivity index (χ0n) is 15.8. The summed E-state index contributed by atoms with van der Waals surface area (Å²) in [6.07, 6.45) is 0.764. The van der Waals surface area contributed by atoms with Gasteiger partial charge in [-0.15, -0.1) is 11.3 Å². The van der Waals surface area contributed by atoms with E-state index in [1.807, 2.05) is 58.8 Å². The van der Waals surface area contributed by atoms with Crippen LogP contribution in [0.15, 0.2) is 60.0 Å². The van der Waals surface area contributed by atoms with E-state index in [1.165, 1.54) is 5.56 Å².